The summed E-state index contributed by atoms with van der Waals surface area (Å²) in [5, 5.41) is 20.7. The summed E-state index contributed by atoms with van der Waals surface area (Å²) in [5.74, 6) is -0.467. The van der Waals surface area contributed by atoms with Gasteiger partial charge in [-0.15, -0.1) is 11.3 Å². The molecule has 0 aliphatic heterocycles. The van der Waals surface area contributed by atoms with E-state index in [-0.39, 0.29) is 11.3 Å². The monoisotopic (exact) mass is 380 g/mol. The van der Waals surface area contributed by atoms with Crippen LogP contribution in [0.25, 0.3) is 0 Å². The molecule has 7 heteroatoms. The van der Waals surface area contributed by atoms with E-state index in [4.69, 9.17) is 9.47 Å². The minimum absolute atomic E-state index is 0.171. The van der Waals surface area contributed by atoms with Crippen LogP contribution in [0.4, 0.5) is 0 Å². The normalized spacial score (nSPS) is 11.4. The molecule has 2 aromatic heterocycles. The first-order chi connectivity index (χ1) is 13.1. The number of carboxylic acids is 1. The van der Waals surface area contributed by atoms with Gasteiger partial charge in [-0.25, -0.2) is 4.79 Å². The molecule has 3 aromatic rings. The van der Waals surface area contributed by atoms with Gasteiger partial charge >= 0.3 is 5.97 Å². The Bertz CT molecular complexity index is 979. The first-order valence-electron chi connectivity index (χ1n) is 8.08. The molecule has 1 unspecified atom stereocenters. The summed E-state index contributed by atoms with van der Waals surface area (Å²) >= 11 is 1.30. The number of aromatic nitrogens is 1. The van der Waals surface area contributed by atoms with Gasteiger partial charge in [-0.05, 0) is 53.8 Å². The van der Waals surface area contributed by atoms with Gasteiger partial charge in [0.2, 0.25) is 6.10 Å². The van der Waals surface area contributed by atoms with Gasteiger partial charge in [0, 0.05) is 18.5 Å². The average molecular weight is 380 g/mol. The van der Waals surface area contributed by atoms with E-state index < -0.39 is 12.1 Å². The van der Waals surface area contributed by atoms with Gasteiger partial charge < -0.3 is 14.6 Å². The zero-order valence-electron chi connectivity index (χ0n) is 14.5. The Morgan fingerprint density at radius 3 is 2.70 bits per heavy atom. The molecule has 136 valence electrons. The number of hydrogen-bond donors (Lipinski definition) is 1. The fourth-order valence-electron chi connectivity index (χ4n) is 2.42. The molecule has 0 amide bonds. The molecule has 1 N–H and O–H groups in total. The number of benzene rings is 1. The number of ether oxygens (including phenoxy) is 2. The maximum Gasteiger partial charge on any atom is 0.350 e. The highest BCUT2D eigenvalue weighted by atomic mass is 32.1. The highest BCUT2D eigenvalue weighted by Crippen LogP contribution is 2.32. The Morgan fingerprint density at radius 1 is 1.30 bits per heavy atom. The molecule has 0 radical (unpaired) electrons. The van der Waals surface area contributed by atoms with Crippen molar-refractivity contribution in [1.82, 2.24) is 4.98 Å². The third-order valence-corrected chi connectivity index (χ3v) is 4.90. The van der Waals surface area contributed by atoms with E-state index in [1.807, 2.05) is 36.6 Å². The Balaban J connectivity index is 1.84. The predicted molar refractivity (Wildman–Crippen MR) is 99.8 cm³/mol. The van der Waals surface area contributed by atoms with Crippen LogP contribution in [0, 0.1) is 18.3 Å². The summed E-state index contributed by atoms with van der Waals surface area (Å²) in [6.07, 6.45) is 2.16. The first-order valence-corrected chi connectivity index (χ1v) is 8.95. The first kappa shape index (κ1) is 18.4. The van der Waals surface area contributed by atoms with Gasteiger partial charge in [0.15, 0.2) is 0 Å². The van der Waals surface area contributed by atoms with Crippen LogP contribution in [-0.4, -0.2) is 16.1 Å². The van der Waals surface area contributed by atoms with E-state index in [2.05, 4.69) is 4.98 Å². The van der Waals surface area contributed by atoms with Crippen LogP contribution in [-0.2, 0) is 11.4 Å². The molecule has 0 fully saturated rings. The van der Waals surface area contributed by atoms with Gasteiger partial charge in [-0.3, -0.25) is 4.98 Å². The van der Waals surface area contributed by atoms with Crippen LogP contribution in [0.2, 0.25) is 0 Å². The second-order valence-electron chi connectivity index (χ2n) is 5.72. The number of carbonyl (C=O) groups is 1. The van der Waals surface area contributed by atoms with Crippen molar-refractivity contribution in [3.63, 3.8) is 0 Å². The lowest BCUT2D eigenvalue weighted by Gasteiger charge is -2.17. The van der Waals surface area contributed by atoms with E-state index in [1.165, 1.54) is 11.3 Å². The number of rotatable bonds is 7. The number of aryl methyl sites for hydroxylation is 1. The average Bonchev–Trinajstić information content (AvgIpc) is 3.10. The fraction of sp³-hybridized carbons (Fsp3) is 0.150. The van der Waals surface area contributed by atoms with Gasteiger partial charge in [0.25, 0.3) is 0 Å². The Labute approximate surface area is 160 Å². The number of carboxylic acid groups (broad SMARTS) is 1. The van der Waals surface area contributed by atoms with Crippen LogP contribution in [0.3, 0.4) is 0 Å². The molecule has 3 rings (SSSR count). The number of thiophene rings is 1. The van der Waals surface area contributed by atoms with Crippen LogP contribution < -0.4 is 9.47 Å². The van der Waals surface area contributed by atoms with E-state index in [0.717, 1.165) is 11.1 Å². The maximum absolute atomic E-state index is 11.7. The van der Waals surface area contributed by atoms with Crippen molar-refractivity contribution in [2.75, 3.05) is 0 Å². The molecule has 1 atom stereocenters. The van der Waals surface area contributed by atoms with Crippen molar-refractivity contribution in [2.24, 2.45) is 0 Å². The molecular weight excluding hydrogens is 364 g/mol. The van der Waals surface area contributed by atoms with Crippen molar-refractivity contribution in [3.8, 4) is 17.6 Å². The number of aliphatic carboxylic acids is 1. The molecule has 1 aromatic carbocycles. The minimum atomic E-state index is -1.19. The lowest BCUT2D eigenvalue weighted by atomic mass is 10.1. The number of nitrogens with zero attached hydrogens (tertiary/aromatic N) is 2. The fourth-order valence-corrected chi connectivity index (χ4v) is 3.37. The highest BCUT2D eigenvalue weighted by molar-refractivity contribution is 7.10. The van der Waals surface area contributed by atoms with Crippen molar-refractivity contribution < 1.29 is 19.4 Å². The molecule has 27 heavy (non-hydrogen) atoms. The summed E-state index contributed by atoms with van der Waals surface area (Å²) in [5.41, 5.74) is 2.01. The summed E-state index contributed by atoms with van der Waals surface area (Å²) in [6.45, 7) is 2.14. The molecule has 0 aliphatic rings. The molecule has 2 heterocycles. The summed E-state index contributed by atoms with van der Waals surface area (Å²) < 4.78 is 11.4. The molecule has 0 bridgehead atoms. The second kappa shape index (κ2) is 8.34. The van der Waals surface area contributed by atoms with Gasteiger partial charge in [-0.2, -0.15) is 5.26 Å². The lowest BCUT2D eigenvalue weighted by molar-refractivity contribution is -0.145. The topological polar surface area (TPSA) is 92.4 Å². The smallest absolute Gasteiger partial charge is 0.350 e. The third kappa shape index (κ3) is 4.43. The summed E-state index contributed by atoms with van der Waals surface area (Å²) in [7, 11) is 0. The van der Waals surface area contributed by atoms with Crippen LogP contribution in [0.15, 0.2) is 54.2 Å². The molecular formula is C20H16N2O4S. The van der Waals surface area contributed by atoms with Gasteiger partial charge in [-0.1, -0.05) is 0 Å². The second-order valence-corrected chi connectivity index (χ2v) is 6.67. The van der Waals surface area contributed by atoms with E-state index in [1.54, 1.807) is 30.6 Å². The van der Waals surface area contributed by atoms with Crippen molar-refractivity contribution in [1.29, 1.82) is 5.26 Å². The third-order valence-electron chi connectivity index (χ3n) is 3.84. The van der Waals surface area contributed by atoms with E-state index in [9.17, 15) is 15.2 Å². The molecule has 6 nitrogen and oxygen atoms in total. The summed E-state index contributed by atoms with van der Waals surface area (Å²) in [6, 6.07) is 12.3. The number of pyridine rings is 1. The van der Waals surface area contributed by atoms with Crippen LogP contribution >= 0.6 is 11.3 Å². The van der Waals surface area contributed by atoms with Crippen molar-refractivity contribution in [3.05, 3.63) is 75.7 Å². The molecule has 0 aliphatic carbocycles. The molecule has 0 saturated heterocycles. The zero-order chi connectivity index (χ0) is 19.2. The Hall–Kier alpha value is -3.37. The Kier molecular flexibility index (Phi) is 5.69. The maximum atomic E-state index is 11.7. The van der Waals surface area contributed by atoms with Crippen molar-refractivity contribution >= 4 is 17.3 Å². The quantitative estimate of drug-likeness (QED) is 0.663. The standard InChI is InChI=1S/C20H16N2O4S/c1-13-6-9-27-19(13)18(20(23)24)26-17-10-16(3-2-15(17)11-21)25-12-14-4-7-22-8-5-14/h2-10,18H,12H2,1H3,(H,23,24). The zero-order valence-corrected chi connectivity index (χ0v) is 15.3. The molecule has 0 spiro atoms. The number of hydrogen-bond acceptors (Lipinski definition) is 6. The van der Waals surface area contributed by atoms with Crippen LogP contribution in [0.5, 0.6) is 11.5 Å². The lowest BCUT2D eigenvalue weighted by Crippen LogP contribution is -2.18. The SMILES string of the molecule is Cc1ccsc1C(Oc1cc(OCc2ccncc2)ccc1C#N)C(=O)O. The van der Waals surface area contributed by atoms with Crippen LogP contribution in [0.1, 0.15) is 27.7 Å². The van der Waals surface area contributed by atoms with E-state index in [0.29, 0.717) is 17.2 Å². The van der Waals surface area contributed by atoms with Gasteiger partial charge in [0.05, 0.1) is 10.4 Å². The minimum Gasteiger partial charge on any atom is -0.489 e. The Morgan fingerprint density at radius 2 is 2.07 bits per heavy atom. The number of nitriles is 1. The highest BCUT2D eigenvalue weighted by Gasteiger charge is 2.26. The molecule has 0 saturated carbocycles. The summed E-state index contributed by atoms with van der Waals surface area (Å²) in [4.78, 5) is 16.3. The van der Waals surface area contributed by atoms with Gasteiger partial charge in [0.1, 0.15) is 24.2 Å². The predicted octanol–water partition coefficient (Wildman–Crippen LogP) is 4.11. The van der Waals surface area contributed by atoms with E-state index >= 15 is 0 Å². The van der Waals surface area contributed by atoms with Crippen molar-refractivity contribution in [2.45, 2.75) is 19.6 Å². The largest absolute Gasteiger partial charge is 0.489 e.